The van der Waals surface area contributed by atoms with E-state index in [0.29, 0.717) is 19.4 Å². The van der Waals surface area contributed by atoms with Crippen LogP contribution in [0, 0.1) is 17.3 Å². The molecule has 3 nitrogen and oxygen atoms in total. The molecule has 1 aliphatic heterocycles. The van der Waals surface area contributed by atoms with Gasteiger partial charge >= 0.3 is 5.97 Å². The van der Waals surface area contributed by atoms with Gasteiger partial charge in [0.15, 0.2) is 0 Å². The van der Waals surface area contributed by atoms with E-state index in [1.165, 1.54) is 0 Å². The number of hydrogen-bond acceptors (Lipinski definition) is 3. The predicted octanol–water partition coefficient (Wildman–Crippen LogP) is 3.00. The predicted molar refractivity (Wildman–Crippen MR) is 78.4 cm³/mol. The van der Waals surface area contributed by atoms with E-state index in [2.05, 4.69) is 5.32 Å². The van der Waals surface area contributed by atoms with Crippen molar-refractivity contribution in [2.24, 2.45) is 17.3 Å². The van der Waals surface area contributed by atoms with Crippen LogP contribution < -0.4 is 5.32 Å². The van der Waals surface area contributed by atoms with Crippen molar-refractivity contribution in [1.29, 1.82) is 0 Å². The van der Waals surface area contributed by atoms with E-state index in [1.807, 2.05) is 37.3 Å². The van der Waals surface area contributed by atoms with Crippen LogP contribution in [0.15, 0.2) is 30.3 Å². The van der Waals surface area contributed by atoms with E-state index in [9.17, 15) is 13.6 Å². The van der Waals surface area contributed by atoms with Crippen LogP contribution >= 0.6 is 0 Å². The number of carbonyl (C=O) groups excluding carboxylic acids is 1. The lowest BCUT2D eigenvalue weighted by Crippen LogP contribution is -2.18. The number of halogens is 2. The molecule has 5 heteroatoms. The molecule has 2 fully saturated rings. The van der Waals surface area contributed by atoms with E-state index < -0.39 is 23.2 Å². The van der Waals surface area contributed by atoms with Gasteiger partial charge in [0.1, 0.15) is 12.5 Å². The van der Waals surface area contributed by atoms with Crippen molar-refractivity contribution in [3.05, 3.63) is 35.9 Å². The van der Waals surface area contributed by atoms with Crippen molar-refractivity contribution < 1.29 is 18.3 Å². The summed E-state index contributed by atoms with van der Waals surface area (Å²) in [5, 5.41) is 3.16. The Bertz CT molecular complexity index is 549. The molecule has 3 rings (SSSR count). The summed E-state index contributed by atoms with van der Waals surface area (Å²) in [7, 11) is 0. The van der Waals surface area contributed by atoms with Crippen LogP contribution in [0.5, 0.6) is 0 Å². The van der Waals surface area contributed by atoms with Crippen molar-refractivity contribution >= 4 is 5.97 Å². The van der Waals surface area contributed by atoms with Crippen LogP contribution in [0.1, 0.15) is 25.3 Å². The second kappa shape index (κ2) is 5.61. The highest BCUT2D eigenvalue weighted by atomic mass is 19.3. The molecule has 1 spiro atoms. The average molecular weight is 309 g/mol. The zero-order valence-electron chi connectivity index (χ0n) is 12.6. The minimum Gasteiger partial charge on any atom is -0.460 e. The van der Waals surface area contributed by atoms with Gasteiger partial charge in [0.05, 0.1) is 5.41 Å². The highest BCUT2D eigenvalue weighted by Crippen LogP contribution is 2.71. The molecular formula is C17H21F2NO2. The molecule has 1 aromatic carbocycles. The number of hydrogen-bond donors (Lipinski definition) is 1. The summed E-state index contributed by atoms with van der Waals surface area (Å²) in [5.41, 5.74) is -0.395. The maximum Gasteiger partial charge on any atom is 0.316 e. The van der Waals surface area contributed by atoms with Gasteiger partial charge in [-0.3, -0.25) is 4.79 Å². The molecule has 1 N–H and O–H groups in total. The van der Waals surface area contributed by atoms with E-state index in [-0.39, 0.29) is 12.5 Å². The van der Waals surface area contributed by atoms with Crippen LogP contribution in [-0.2, 0) is 16.1 Å². The lowest BCUT2D eigenvalue weighted by atomic mass is 9.89. The highest BCUT2D eigenvalue weighted by Gasteiger charge is 2.83. The number of ether oxygens (including phenoxy) is 1. The van der Waals surface area contributed by atoms with Crippen molar-refractivity contribution in [3.8, 4) is 0 Å². The highest BCUT2D eigenvalue weighted by molar-refractivity contribution is 5.79. The molecule has 120 valence electrons. The number of esters is 1. The minimum absolute atomic E-state index is 0.0517. The Balaban J connectivity index is 1.67. The molecule has 0 bridgehead atoms. The summed E-state index contributed by atoms with van der Waals surface area (Å²) in [4.78, 5) is 12.2. The Morgan fingerprint density at radius 2 is 2.09 bits per heavy atom. The normalized spacial score (nSPS) is 33.2. The molecule has 0 aromatic heterocycles. The third kappa shape index (κ3) is 2.51. The first-order valence-electron chi connectivity index (χ1n) is 7.76. The molecular weight excluding hydrogens is 288 g/mol. The van der Waals surface area contributed by atoms with Crippen LogP contribution in [0.4, 0.5) is 8.78 Å². The van der Waals surface area contributed by atoms with Gasteiger partial charge in [-0.2, -0.15) is 0 Å². The molecule has 1 aromatic rings. The fraction of sp³-hybridized carbons (Fsp3) is 0.588. The van der Waals surface area contributed by atoms with Crippen molar-refractivity contribution in [3.63, 3.8) is 0 Å². The zero-order chi connectivity index (χ0) is 15.8. The zero-order valence-corrected chi connectivity index (χ0v) is 12.6. The topological polar surface area (TPSA) is 38.3 Å². The van der Waals surface area contributed by atoms with Gasteiger partial charge in [0, 0.05) is 0 Å². The molecule has 1 saturated heterocycles. The molecule has 22 heavy (non-hydrogen) atoms. The second-order valence-corrected chi connectivity index (χ2v) is 6.57. The lowest BCUT2D eigenvalue weighted by Gasteiger charge is -2.15. The van der Waals surface area contributed by atoms with E-state index in [4.69, 9.17) is 4.74 Å². The van der Waals surface area contributed by atoms with Gasteiger partial charge < -0.3 is 10.1 Å². The van der Waals surface area contributed by atoms with Crippen molar-refractivity contribution in [2.45, 2.75) is 32.3 Å². The van der Waals surface area contributed by atoms with Gasteiger partial charge in [-0.25, -0.2) is 8.78 Å². The molecule has 0 amide bonds. The lowest BCUT2D eigenvalue weighted by molar-refractivity contribution is -0.149. The SMILES string of the molecule is CC1CNCCC2(C1)C(C(=O)OCc1ccccc1)C2(F)F. The summed E-state index contributed by atoms with van der Waals surface area (Å²) in [6, 6.07) is 9.14. The Hall–Kier alpha value is -1.49. The van der Waals surface area contributed by atoms with E-state index in [1.54, 1.807) is 0 Å². The van der Waals surface area contributed by atoms with Crippen LogP contribution in [-0.4, -0.2) is 25.0 Å². The quantitative estimate of drug-likeness (QED) is 0.872. The molecule has 3 unspecified atom stereocenters. The summed E-state index contributed by atoms with van der Waals surface area (Å²) < 4.78 is 33.8. The molecule has 0 radical (unpaired) electrons. The van der Waals surface area contributed by atoms with E-state index >= 15 is 0 Å². The summed E-state index contributed by atoms with van der Waals surface area (Å²) in [6.45, 7) is 3.25. The third-order valence-electron chi connectivity index (χ3n) is 4.91. The molecule has 1 heterocycles. The van der Waals surface area contributed by atoms with Gasteiger partial charge in [-0.1, -0.05) is 37.3 Å². The Labute approximate surface area is 129 Å². The first-order valence-corrected chi connectivity index (χ1v) is 7.76. The molecule has 1 aliphatic carbocycles. The van der Waals surface area contributed by atoms with E-state index in [0.717, 1.165) is 12.1 Å². The van der Waals surface area contributed by atoms with Gasteiger partial charge in [0.25, 0.3) is 5.92 Å². The number of carbonyl (C=O) groups is 1. The Morgan fingerprint density at radius 3 is 2.82 bits per heavy atom. The van der Waals surface area contributed by atoms with Gasteiger partial charge in [-0.05, 0) is 37.4 Å². The largest absolute Gasteiger partial charge is 0.460 e. The fourth-order valence-corrected chi connectivity index (χ4v) is 3.72. The maximum atomic E-state index is 14.3. The smallest absolute Gasteiger partial charge is 0.316 e. The van der Waals surface area contributed by atoms with Crippen molar-refractivity contribution in [2.75, 3.05) is 13.1 Å². The number of rotatable bonds is 3. The fourth-order valence-electron chi connectivity index (χ4n) is 3.72. The second-order valence-electron chi connectivity index (χ2n) is 6.57. The molecule has 1 saturated carbocycles. The first kappa shape index (κ1) is 15.4. The van der Waals surface area contributed by atoms with Crippen LogP contribution in [0.3, 0.4) is 0 Å². The monoisotopic (exact) mass is 309 g/mol. The number of benzene rings is 1. The minimum atomic E-state index is -2.94. The summed E-state index contributed by atoms with van der Waals surface area (Å²) in [5.74, 6) is -4.85. The van der Waals surface area contributed by atoms with Crippen molar-refractivity contribution in [1.82, 2.24) is 5.32 Å². The maximum absolute atomic E-state index is 14.3. The van der Waals surface area contributed by atoms with Gasteiger partial charge in [-0.15, -0.1) is 0 Å². The van der Waals surface area contributed by atoms with Crippen LogP contribution in [0.2, 0.25) is 0 Å². The van der Waals surface area contributed by atoms with Crippen LogP contribution in [0.25, 0.3) is 0 Å². The number of nitrogens with one attached hydrogen (secondary N) is 1. The standard InChI is InChI=1S/C17H21F2NO2/c1-12-9-16(7-8-20-10-12)14(17(16,18)19)15(21)22-11-13-5-3-2-4-6-13/h2-6,12,14,20H,7-11H2,1H3. The first-order chi connectivity index (χ1) is 10.5. The summed E-state index contributed by atoms with van der Waals surface area (Å²) >= 11 is 0. The van der Waals surface area contributed by atoms with Gasteiger partial charge in [0.2, 0.25) is 0 Å². The molecule has 3 atom stereocenters. The molecule has 2 aliphatic rings. The number of alkyl halides is 2. The summed E-state index contributed by atoms with van der Waals surface area (Å²) in [6.07, 6.45) is 0.702. The average Bonchev–Trinajstić information content (AvgIpc) is 3.05. The Kier molecular flexibility index (Phi) is 3.93. The third-order valence-corrected chi connectivity index (χ3v) is 4.91. The Morgan fingerprint density at radius 1 is 1.36 bits per heavy atom.